The second-order valence-corrected chi connectivity index (χ2v) is 2.79. The molecule has 0 saturated carbocycles. The first-order valence-electron chi connectivity index (χ1n) is 4.21. The molecule has 0 aliphatic carbocycles. The van der Waals surface area contributed by atoms with Crippen LogP contribution in [0.2, 0.25) is 0 Å². The number of imidazole rings is 1. The first-order valence-corrected chi connectivity index (χ1v) is 4.21. The van der Waals surface area contributed by atoms with Crippen LogP contribution in [-0.2, 0) is 0 Å². The Bertz CT molecular complexity index is 429. The predicted molar refractivity (Wildman–Crippen MR) is 49.0 cm³/mol. The summed E-state index contributed by atoms with van der Waals surface area (Å²) in [4.78, 5) is 3.74. The van der Waals surface area contributed by atoms with Gasteiger partial charge in [0.2, 0.25) is 0 Å². The van der Waals surface area contributed by atoms with E-state index in [0.717, 1.165) is 0 Å². The zero-order chi connectivity index (χ0) is 10.7. The number of benzene rings is 1. The summed E-state index contributed by atoms with van der Waals surface area (Å²) in [5.74, 6) is 0.121. The molecule has 0 amide bonds. The van der Waals surface area contributed by atoms with Crippen LogP contribution in [0.5, 0.6) is 5.75 Å². The molecular weight excluding hydrogens is 202 g/mol. The van der Waals surface area contributed by atoms with E-state index in [1.54, 1.807) is 22.9 Å². The van der Waals surface area contributed by atoms with E-state index in [1.807, 2.05) is 0 Å². The lowest BCUT2D eigenvalue weighted by Crippen LogP contribution is -2.02. The maximum Gasteiger partial charge on any atom is 0.387 e. The summed E-state index contributed by atoms with van der Waals surface area (Å²) in [6.07, 6.45) is 5.74. The molecule has 0 atom stereocenters. The number of nitrogens with zero attached hydrogens (tertiary/aromatic N) is 2. The average molecular weight is 209 g/mol. The van der Waals surface area contributed by atoms with E-state index >= 15 is 0 Å². The van der Waals surface area contributed by atoms with Crippen molar-refractivity contribution in [3.63, 3.8) is 0 Å². The summed E-state index contributed by atoms with van der Waals surface area (Å²) in [6.45, 7) is -2.81. The fourth-order valence-electron chi connectivity index (χ4n) is 1.19. The van der Waals surface area contributed by atoms with Gasteiger partial charge in [-0.05, 0) is 12.1 Å². The summed E-state index contributed by atoms with van der Waals surface area (Å²) in [5.41, 5.74) is 0.696. The van der Waals surface area contributed by atoms with Gasteiger partial charge in [-0.2, -0.15) is 8.78 Å². The highest BCUT2D eigenvalue weighted by Crippen LogP contribution is 2.18. The molecule has 0 spiro atoms. The number of rotatable bonds is 3. The maximum atomic E-state index is 11.9. The van der Waals surface area contributed by atoms with E-state index in [0.29, 0.717) is 5.69 Å². The fraction of sp³-hybridized carbons (Fsp3) is 0.100. The Morgan fingerprint density at radius 3 is 2.93 bits per heavy atom. The van der Waals surface area contributed by atoms with Gasteiger partial charge in [0.15, 0.2) is 0 Å². The molecule has 1 aromatic carbocycles. The summed E-state index contributed by atoms with van der Waals surface area (Å²) in [7, 11) is 0. The second-order valence-electron chi connectivity index (χ2n) is 2.79. The zero-order valence-electron chi connectivity index (χ0n) is 7.60. The third-order valence-electron chi connectivity index (χ3n) is 1.79. The minimum absolute atomic E-state index is 0.121. The highest BCUT2D eigenvalue weighted by molar-refractivity contribution is 5.38. The molecule has 15 heavy (non-hydrogen) atoms. The molecule has 0 unspecified atom stereocenters. The Hall–Kier alpha value is -1.91. The summed E-state index contributed by atoms with van der Waals surface area (Å²) in [6, 6.07) is 6.36. The Morgan fingerprint density at radius 2 is 2.27 bits per heavy atom. The van der Waals surface area contributed by atoms with E-state index in [1.165, 1.54) is 18.5 Å². The topological polar surface area (TPSA) is 27.1 Å². The Morgan fingerprint density at radius 1 is 1.40 bits per heavy atom. The number of hydrogen-bond acceptors (Lipinski definition) is 2. The van der Waals surface area contributed by atoms with Crippen LogP contribution in [0.25, 0.3) is 5.69 Å². The number of halogens is 2. The normalized spacial score (nSPS) is 10.6. The SMILES string of the molecule is FC(F)Oc1cccc(-n2c[c]nc2)c1. The van der Waals surface area contributed by atoms with Crippen molar-refractivity contribution < 1.29 is 13.5 Å². The summed E-state index contributed by atoms with van der Waals surface area (Å²) in [5, 5.41) is 0. The van der Waals surface area contributed by atoms with Crippen LogP contribution in [0.15, 0.2) is 36.8 Å². The van der Waals surface area contributed by atoms with Gasteiger partial charge in [-0.15, -0.1) is 0 Å². The van der Waals surface area contributed by atoms with Crippen molar-refractivity contribution in [2.75, 3.05) is 0 Å². The van der Waals surface area contributed by atoms with Crippen LogP contribution in [0, 0.1) is 6.20 Å². The van der Waals surface area contributed by atoms with E-state index in [2.05, 4.69) is 15.9 Å². The molecule has 0 fully saturated rings. The van der Waals surface area contributed by atoms with Gasteiger partial charge in [0.25, 0.3) is 0 Å². The largest absolute Gasteiger partial charge is 0.435 e. The van der Waals surface area contributed by atoms with Crippen LogP contribution in [0.1, 0.15) is 0 Å². The molecule has 2 aromatic rings. The van der Waals surface area contributed by atoms with Crippen LogP contribution >= 0.6 is 0 Å². The van der Waals surface area contributed by atoms with Crippen LogP contribution < -0.4 is 4.74 Å². The van der Waals surface area contributed by atoms with Gasteiger partial charge in [-0.25, -0.2) is 4.98 Å². The lowest BCUT2D eigenvalue weighted by atomic mass is 10.3. The lowest BCUT2D eigenvalue weighted by molar-refractivity contribution is -0.0498. The minimum atomic E-state index is -2.81. The van der Waals surface area contributed by atoms with Crippen molar-refractivity contribution in [3.05, 3.63) is 43.0 Å². The monoisotopic (exact) mass is 209 g/mol. The molecule has 0 aliphatic rings. The standard InChI is InChI=1S/C10H7F2N2O/c11-10(12)15-9-3-1-2-8(6-9)14-5-4-13-7-14/h1-3,5-7,10H. The maximum absolute atomic E-state index is 11.9. The molecule has 0 N–H and O–H groups in total. The average Bonchev–Trinajstić information content (AvgIpc) is 2.69. The van der Waals surface area contributed by atoms with Gasteiger partial charge >= 0.3 is 6.61 Å². The third kappa shape index (κ3) is 2.31. The molecule has 3 nitrogen and oxygen atoms in total. The fourth-order valence-corrected chi connectivity index (χ4v) is 1.19. The molecule has 5 heteroatoms. The molecule has 1 radical (unpaired) electrons. The molecule has 0 saturated heterocycles. The second kappa shape index (κ2) is 4.08. The van der Waals surface area contributed by atoms with Gasteiger partial charge in [-0.1, -0.05) is 6.07 Å². The van der Waals surface area contributed by atoms with Gasteiger partial charge in [-0.3, -0.25) is 0 Å². The van der Waals surface area contributed by atoms with Gasteiger partial charge < -0.3 is 9.30 Å². The van der Waals surface area contributed by atoms with Crippen molar-refractivity contribution in [3.8, 4) is 11.4 Å². The van der Waals surface area contributed by atoms with E-state index < -0.39 is 6.61 Å². The number of aromatic nitrogens is 2. The Balaban J connectivity index is 2.27. The van der Waals surface area contributed by atoms with Crippen LogP contribution in [0.3, 0.4) is 0 Å². The molecular formula is C10H7F2N2O. The first kappa shape index (κ1) is 9.64. The zero-order valence-corrected chi connectivity index (χ0v) is 7.60. The molecule has 2 rings (SSSR count). The van der Waals surface area contributed by atoms with Crippen molar-refractivity contribution in [2.45, 2.75) is 6.61 Å². The molecule has 1 aromatic heterocycles. The van der Waals surface area contributed by atoms with E-state index in [9.17, 15) is 8.78 Å². The van der Waals surface area contributed by atoms with Crippen molar-refractivity contribution in [1.82, 2.24) is 9.55 Å². The molecule has 1 heterocycles. The molecule has 0 bridgehead atoms. The Labute approximate surface area is 84.9 Å². The van der Waals surface area contributed by atoms with Gasteiger partial charge in [0.05, 0.1) is 12.0 Å². The summed E-state index contributed by atoms with van der Waals surface area (Å²) >= 11 is 0. The lowest BCUT2D eigenvalue weighted by Gasteiger charge is -2.06. The molecule has 0 aliphatic heterocycles. The Kier molecular flexibility index (Phi) is 2.62. The number of hydrogen-bond donors (Lipinski definition) is 0. The third-order valence-corrected chi connectivity index (χ3v) is 1.79. The van der Waals surface area contributed by atoms with E-state index in [4.69, 9.17) is 0 Å². The summed E-state index contributed by atoms with van der Waals surface area (Å²) < 4.78 is 29.8. The van der Waals surface area contributed by atoms with Crippen molar-refractivity contribution in [2.24, 2.45) is 0 Å². The number of alkyl halides is 2. The first-order chi connectivity index (χ1) is 7.25. The number of ether oxygens (including phenoxy) is 1. The van der Waals surface area contributed by atoms with Gasteiger partial charge in [0, 0.05) is 12.3 Å². The minimum Gasteiger partial charge on any atom is -0.435 e. The highest BCUT2D eigenvalue weighted by Gasteiger charge is 2.04. The smallest absolute Gasteiger partial charge is 0.387 e. The van der Waals surface area contributed by atoms with E-state index in [-0.39, 0.29) is 5.75 Å². The predicted octanol–water partition coefficient (Wildman–Crippen LogP) is 2.27. The molecule has 77 valence electrons. The van der Waals surface area contributed by atoms with Crippen LogP contribution in [-0.4, -0.2) is 16.2 Å². The van der Waals surface area contributed by atoms with Crippen molar-refractivity contribution in [1.29, 1.82) is 0 Å². The van der Waals surface area contributed by atoms with Gasteiger partial charge in [0.1, 0.15) is 11.9 Å². The quantitative estimate of drug-likeness (QED) is 0.775. The van der Waals surface area contributed by atoms with Crippen LogP contribution in [0.4, 0.5) is 8.78 Å². The van der Waals surface area contributed by atoms with Crippen molar-refractivity contribution >= 4 is 0 Å². The highest BCUT2D eigenvalue weighted by atomic mass is 19.3.